The van der Waals surface area contributed by atoms with Crippen molar-refractivity contribution in [3.63, 3.8) is 0 Å². The van der Waals surface area contributed by atoms with Crippen molar-refractivity contribution in [2.45, 2.75) is 44.7 Å². The quantitative estimate of drug-likeness (QED) is 0.336. The fraction of sp³-hybridized carbons (Fsp3) is 0.276. The number of benzene rings is 1. The lowest BCUT2D eigenvalue weighted by Crippen LogP contribution is -2.40. The number of fused-ring (bicyclic) bond motifs is 3. The average molecular weight is 491 g/mol. The van der Waals surface area contributed by atoms with E-state index in [1.165, 1.54) is 0 Å². The number of carbonyl (C=O) groups is 2. The second-order valence-corrected chi connectivity index (χ2v) is 9.61. The van der Waals surface area contributed by atoms with Crippen LogP contribution in [0.15, 0.2) is 61.1 Å². The van der Waals surface area contributed by atoms with Gasteiger partial charge in [-0.3, -0.25) is 19.0 Å². The Labute approximate surface area is 214 Å². The van der Waals surface area contributed by atoms with Crippen molar-refractivity contribution in [3.8, 4) is 23.1 Å². The van der Waals surface area contributed by atoms with Crippen molar-refractivity contribution in [1.82, 2.24) is 24.3 Å². The van der Waals surface area contributed by atoms with Gasteiger partial charge in [-0.2, -0.15) is 0 Å². The Bertz CT molecular complexity index is 1570. The molecule has 3 atom stereocenters. The van der Waals surface area contributed by atoms with Crippen LogP contribution in [-0.2, 0) is 11.2 Å². The van der Waals surface area contributed by atoms with E-state index in [0.717, 1.165) is 36.3 Å². The van der Waals surface area contributed by atoms with Crippen molar-refractivity contribution < 1.29 is 9.59 Å². The van der Waals surface area contributed by atoms with Crippen LogP contribution in [0.3, 0.4) is 0 Å². The van der Waals surface area contributed by atoms with Crippen LogP contribution in [0.4, 0.5) is 5.82 Å². The Morgan fingerprint density at radius 1 is 1.08 bits per heavy atom. The largest absolute Gasteiger partial charge is 0.382 e. The first-order valence-corrected chi connectivity index (χ1v) is 12.5. The maximum Gasteiger partial charge on any atom is 0.299 e. The van der Waals surface area contributed by atoms with Crippen LogP contribution in [-0.4, -0.2) is 42.0 Å². The lowest BCUT2D eigenvalue weighted by molar-refractivity contribution is -0.129. The molecule has 184 valence electrons. The predicted octanol–water partition coefficient (Wildman–Crippen LogP) is 3.87. The molecule has 1 aliphatic heterocycles. The molecule has 8 heteroatoms. The first kappa shape index (κ1) is 22.9. The number of rotatable bonds is 5. The number of nitrogens with two attached hydrogens (primary N) is 1. The number of pyridine rings is 1. The molecule has 6 rings (SSSR count). The minimum atomic E-state index is -0.172. The standard InChI is InChI=1S/C29H26N6O2/c1-2-5-24(37)35-22-12-11-20(16-22)26(35)29-33-25(27-28(30)32-14-15-34(27)29)19-9-7-18(8-10-19)23(36)17-21-6-3-4-13-31-21/h3-4,6-10,13-15,20,22,26H,11-12,16-17H2,1H3,(H2,30,32)/t20-,22?,26?/m0/s1. The summed E-state index contributed by atoms with van der Waals surface area (Å²) in [5.41, 5.74) is 9.89. The van der Waals surface area contributed by atoms with E-state index in [9.17, 15) is 9.59 Å². The van der Waals surface area contributed by atoms with Gasteiger partial charge in [-0.1, -0.05) is 36.3 Å². The van der Waals surface area contributed by atoms with Gasteiger partial charge in [0, 0.05) is 41.5 Å². The van der Waals surface area contributed by atoms with Crippen molar-refractivity contribution in [1.29, 1.82) is 0 Å². The Morgan fingerprint density at radius 3 is 2.68 bits per heavy atom. The van der Waals surface area contributed by atoms with Gasteiger partial charge in [0.05, 0.1) is 12.5 Å². The van der Waals surface area contributed by atoms with Crippen molar-refractivity contribution in [2.24, 2.45) is 5.92 Å². The molecule has 2 bridgehead atoms. The summed E-state index contributed by atoms with van der Waals surface area (Å²) in [5, 5.41) is 0. The minimum absolute atomic E-state index is 0.00464. The van der Waals surface area contributed by atoms with Gasteiger partial charge in [0.25, 0.3) is 5.91 Å². The molecule has 1 aliphatic carbocycles. The number of hydrogen-bond acceptors (Lipinski definition) is 6. The third kappa shape index (κ3) is 3.93. The molecule has 0 spiro atoms. The van der Waals surface area contributed by atoms with E-state index >= 15 is 0 Å². The summed E-state index contributed by atoms with van der Waals surface area (Å²) in [4.78, 5) is 41.3. The Kier molecular flexibility index (Phi) is 5.68. The van der Waals surface area contributed by atoms with Crippen LogP contribution in [0.2, 0.25) is 0 Å². The molecular formula is C29H26N6O2. The van der Waals surface area contributed by atoms with Crippen molar-refractivity contribution >= 4 is 23.0 Å². The molecule has 3 aromatic heterocycles. The van der Waals surface area contributed by atoms with Crippen LogP contribution in [0.1, 0.15) is 54.1 Å². The molecule has 1 saturated carbocycles. The molecule has 4 heterocycles. The monoisotopic (exact) mass is 490 g/mol. The van der Waals surface area contributed by atoms with E-state index in [-0.39, 0.29) is 30.2 Å². The van der Waals surface area contributed by atoms with E-state index in [1.807, 2.05) is 58.0 Å². The molecule has 2 aliphatic rings. The fourth-order valence-electron chi connectivity index (χ4n) is 5.86. The van der Waals surface area contributed by atoms with Gasteiger partial charge in [0.1, 0.15) is 22.9 Å². The highest BCUT2D eigenvalue weighted by atomic mass is 16.2. The number of nitrogens with zero attached hydrogens (tertiary/aromatic N) is 5. The predicted molar refractivity (Wildman–Crippen MR) is 139 cm³/mol. The minimum Gasteiger partial charge on any atom is -0.382 e. The summed E-state index contributed by atoms with van der Waals surface area (Å²) in [7, 11) is 0. The number of hydrogen-bond donors (Lipinski definition) is 1. The summed E-state index contributed by atoms with van der Waals surface area (Å²) in [6.45, 7) is 1.68. The first-order valence-electron chi connectivity index (χ1n) is 12.5. The Morgan fingerprint density at radius 2 is 1.92 bits per heavy atom. The summed E-state index contributed by atoms with van der Waals surface area (Å²) in [6, 6.07) is 12.9. The molecule has 2 unspecified atom stereocenters. The van der Waals surface area contributed by atoms with E-state index in [1.54, 1.807) is 19.3 Å². The second-order valence-electron chi connectivity index (χ2n) is 9.61. The van der Waals surface area contributed by atoms with Gasteiger partial charge in [0.2, 0.25) is 0 Å². The van der Waals surface area contributed by atoms with E-state index in [4.69, 9.17) is 10.7 Å². The fourth-order valence-corrected chi connectivity index (χ4v) is 5.86. The summed E-state index contributed by atoms with van der Waals surface area (Å²) in [5.74, 6) is 6.78. The smallest absolute Gasteiger partial charge is 0.299 e. The maximum atomic E-state index is 13.0. The number of aromatic nitrogens is 4. The highest BCUT2D eigenvalue weighted by Crippen LogP contribution is 2.50. The zero-order chi connectivity index (χ0) is 25.5. The molecule has 2 N–H and O–H groups in total. The second kappa shape index (κ2) is 9.17. The Hall–Kier alpha value is -4.51. The SMILES string of the molecule is CC#CC(=O)N1C2CC[C@@H](C2)C1c1nc(-c2ccc(C(=O)Cc3ccccn3)cc2)c2c(N)nccn12. The number of amides is 1. The number of imidazole rings is 1. The normalized spacial score (nSPS) is 20.1. The van der Waals surface area contributed by atoms with Crippen LogP contribution in [0.25, 0.3) is 16.8 Å². The van der Waals surface area contributed by atoms with Crippen LogP contribution in [0.5, 0.6) is 0 Å². The number of nitrogen functional groups attached to an aromatic ring is 1. The van der Waals surface area contributed by atoms with Gasteiger partial charge in [-0.15, -0.1) is 0 Å². The van der Waals surface area contributed by atoms with E-state index in [0.29, 0.717) is 28.5 Å². The van der Waals surface area contributed by atoms with Gasteiger partial charge < -0.3 is 10.6 Å². The van der Waals surface area contributed by atoms with Crippen molar-refractivity contribution in [2.75, 3.05) is 5.73 Å². The molecule has 8 nitrogen and oxygen atoms in total. The van der Waals surface area contributed by atoms with Gasteiger partial charge in [0.15, 0.2) is 5.78 Å². The van der Waals surface area contributed by atoms with E-state index < -0.39 is 0 Å². The van der Waals surface area contributed by atoms with Crippen molar-refractivity contribution in [3.05, 3.63) is 78.1 Å². The zero-order valence-corrected chi connectivity index (χ0v) is 20.5. The lowest BCUT2D eigenvalue weighted by atomic mass is 9.97. The third-order valence-corrected chi connectivity index (χ3v) is 7.47. The third-order valence-electron chi connectivity index (χ3n) is 7.47. The summed E-state index contributed by atoms with van der Waals surface area (Å²) in [6.07, 6.45) is 8.43. The van der Waals surface area contributed by atoms with Crippen LogP contribution in [0, 0.1) is 17.8 Å². The number of anilines is 1. The number of carbonyl (C=O) groups excluding carboxylic acids is 2. The highest BCUT2D eigenvalue weighted by molar-refractivity contribution is 5.98. The average Bonchev–Trinajstić information content (AvgIpc) is 3.63. The molecule has 1 saturated heterocycles. The lowest BCUT2D eigenvalue weighted by Gasteiger charge is -2.33. The highest BCUT2D eigenvalue weighted by Gasteiger charge is 2.50. The molecule has 1 amide bonds. The summed E-state index contributed by atoms with van der Waals surface area (Å²) >= 11 is 0. The van der Waals surface area contributed by atoms with Crippen LogP contribution >= 0.6 is 0 Å². The number of Topliss-reactive ketones (excluding diaryl/α,β-unsaturated/α-hetero) is 1. The first-order chi connectivity index (χ1) is 18.0. The molecular weight excluding hydrogens is 464 g/mol. The number of ketones is 1. The zero-order valence-electron chi connectivity index (χ0n) is 20.5. The Balaban J connectivity index is 1.39. The molecule has 37 heavy (non-hydrogen) atoms. The number of likely N-dealkylation sites (tertiary alicyclic amines) is 1. The van der Waals surface area contributed by atoms with E-state index in [2.05, 4.69) is 21.8 Å². The van der Waals surface area contributed by atoms with Gasteiger partial charge in [-0.05, 0) is 50.2 Å². The molecule has 1 aromatic carbocycles. The maximum absolute atomic E-state index is 13.0. The van der Waals surface area contributed by atoms with Gasteiger partial charge >= 0.3 is 0 Å². The number of piperidine rings is 1. The molecule has 4 aromatic rings. The van der Waals surface area contributed by atoms with Crippen LogP contribution < -0.4 is 5.73 Å². The molecule has 2 fully saturated rings. The summed E-state index contributed by atoms with van der Waals surface area (Å²) < 4.78 is 1.96. The topological polar surface area (TPSA) is 106 Å². The molecule has 0 radical (unpaired) electrons. The van der Waals surface area contributed by atoms with Gasteiger partial charge in [-0.25, -0.2) is 9.97 Å².